The zero-order valence-electron chi connectivity index (χ0n) is 20.9. The van der Waals surface area contributed by atoms with Crippen LogP contribution in [0.15, 0.2) is 54.1 Å². The van der Waals surface area contributed by atoms with Gasteiger partial charge in [0.25, 0.3) is 5.79 Å². The van der Waals surface area contributed by atoms with Crippen molar-refractivity contribution in [2.24, 2.45) is 0 Å². The van der Waals surface area contributed by atoms with Crippen LogP contribution in [0.4, 0.5) is 0 Å². The number of aryl methyl sites for hydroxylation is 5. The standard InChI is InChI=1S/C31H30O3/c1-16-8-9-22-25(14-16)33-31-21(6)15-29(7)23-12-17(2)10-19(4)26(23)32-28(29)30(22,31)24-13-18(3)11-20(5)27(24)34-31/h8-15,28H,1-7H3/t28-,29+,30+,31-/m1/s1. The van der Waals surface area contributed by atoms with Crippen molar-refractivity contribution < 1.29 is 14.2 Å². The molecule has 7 rings (SSSR count). The highest BCUT2D eigenvalue weighted by Crippen LogP contribution is 2.71. The van der Waals surface area contributed by atoms with Crippen molar-refractivity contribution in [2.75, 3.05) is 0 Å². The Morgan fingerprint density at radius 3 is 2.09 bits per heavy atom. The monoisotopic (exact) mass is 450 g/mol. The molecule has 0 bridgehead atoms. The van der Waals surface area contributed by atoms with Crippen molar-refractivity contribution in [3.05, 3.63) is 98.6 Å². The fraction of sp³-hybridized carbons (Fsp3) is 0.355. The van der Waals surface area contributed by atoms with Gasteiger partial charge in [0.15, 0.2) is 0 Å². The summed E-state index contributed by atoms with van der Waals surface area (Å²) in [4.78, 5) is 0. The van der Waals surface area contributed by atoms with Crippen molar-refractivity contribution in [2.45, 2.75) is 71.2 Å². The average Bonchev–Trinajstić information content (AvgIpc) is 3.31. The molecule has 172 valence electrons. The number of hydrogen-bond acceptors (Lipinski definition) is 3. The Labute approximate surface area is 201 Å². The van der Waals surface area contributed by atoms with Gasteiger partial charge in [0, 0.05) is 22.3 Å². The van der Waals surface area contributed by atoms with Gasteiger partial charge in [0.05, 0.1) is 5.41 Å². The van der Waals surface area contributed by atoms with Gasteiger partial charge in [0.2, 0.25) is 0 Å². The molecule has 3 aromatic rings. The fourth-order valence-corrected chi connectivity index (χ4v) is 7.46. The molecule has 0 aromatic heterocycles. The van der Waals surface area contributed by atoms with Crippen LogP contribution in [0.1, 0.15) is 58.4 Å². The van der Waals surface area contributed by atoms with Gasteiger partial charge < -0.3 is 14.2 Å². The number of hydrogen-bond donors (Lipinski definition) is 0. The Bertz CT molecular complexity index is 1480. The Morgan fingerprint density at radius 1 is 0.676 bits per heavy atom. The predicted octanol–water partition coefficient (Wildman–Crippen LogP) is 6.67. The van der Waals surface area contributed by atoms with E-state index in [1.807, 2.05) is 0 Å². The Morgan fingerprint density at radius 2 is 1.35 bits per heavy atom. The Kier molecular flexibility index (Phi) is 3.50. The first kappa shape index (κ1) is 20.2. The highest BCUT2D eigenvalue weighted by atomic mass is 16.7. The third-order valence-corrected chi connectivity index (χ3v) is 8.63. The quantitative estimate of drug-likeness (QED) is 0.358. The van der Waals surface area contributed by atoms with E-state index in [1.165, 1.54) is 33.4 Å². The molecule has 34 heavy (non-hydrogen) atoms. The normalized spacial score (nSPS) is 31.1. The molecule has 0 unspecified atom stereocenters. The second kappa shape index (κ2) is 5.89. The minimum absolute atomic E-state index is 0.203. The molecular weight excluding hydrogens is 420 g/mol. The summed E-state index contributed by atoms with van der Waals surface area (Å²) >= 11 is 0. The molecule has 0 saturated carbocycles. The number of fused-ring (bicyclic) bond motifs is 5. The molecule has 1 aliphatic carbocycles. The number of rotatable bonds is 0. The van der Waals surface area contributed by atoms with Crippen molar-refractivity contribution in [3.63, 3.8) is 0 Å². The summed E-state index contributed by atoms with van der Waals surface area (Å²) in [5.41, 5.74) is 9.74. The average molecular weight is 451 g/mol. The molecule has 3 aromatic carbocycles. The molecule has 0 N–H and O–H groups in total. The van der Waals surface area contributed by atoms with Crippen molar-refractivity contribution >= 4 is 0 Å². The number of ether oxygens (including phenoxy) is 3. The van der Waals surface area contributed by atoms with E-state index < -0.39 is 11.2 Å². The van der Waals surface area contributed by atoms with Gasteiger partial charge in [-0.05, 0) is 71.2 Å². The van der Waals surface area contributed by atoms with Crippen LogP contribution in [0.3, 0.4) is 0 Å². The molecule has 3 heterocycles. The van der Waals surface area contributed by atoms with Gasteiger partial charge in [-0.2, -0.15) is 0 Å². The summed E-state index contributed by atoms with van der Waals surface area (Å²) in [5.74, 6) is 1.88. The van der Waals surface area contributed by atoms with Crippen LogP contribution < -0.4 is 14.2 Å². The Balaban J connectivity index is 1.64. The first-order valence-corrected chi connectivity index (χ1v) is 12.2. The van der Waals surface area contributed by atoms with Gasteiger partial charge in [-0.1, -0.05) is 53.6 Å². The van der Waals surface area contributed by atoms with Crippen LogP contribution >= 0.6 is 0 Å². The maximum atomic E-state index is 7.08. The van der Waals surface area contributed by atoms with Crippen LogP contribution in [0.25, 0.3) is 0 Å². The smallest absolute Gasteiger partial charge is 0.291 e. The van der Waals surface area contributed by atoms with Crippen LogP contribution in [0.2, 0.25) is 0 Å². The van der Waals surface area contributed by atoms with Gasteiger partial charge in [-0.15, -0.1) is 0 Å². The lowest BCUT2D eigenvalue weighted by Crippen LogP contribution is -2.66. The molecule has 0 radical (unpaired) electrons. The topological polar surface area (TPSA) is 27.7 Å². The summed E-state index contributed by atoms with van der Waals surface area (Å²) in [6.07, 6.45) is 2.15. The second-order valence-electron chi connectivity index (χ2n) is 11.2. The summed E-state index contributed by atoms with van der Waals surface area (Å²) in [7, 11) is 0. The van der Waals surface area contributed by atoms with E-state index >= 15 is 0 Å². The van der Waals surface area contributed by atoms with Crippen LogP contribution in [0, 0.1) is 34.6 Å². The molecule has 4 aliphatic rings. The summed E-state index contributed by atoms with van der Waals surface area (Å²) in [6, 6.07) is 15.6. The van der Waals surface area contributed by atoms with Crippen molar-refractivity contribution in [3.8, 4) is 17.2 Å². The highest BCUT2D eigenvalue weighted by molar-refractivity contribution is 5.72. The zero-order valence-corrected chi connectivity index (χ0v) is 20.9. The largest absolute Gasteiger partial charge is 0.487 e. The molecule has 3 nitrogen and oxygen atoms in total. The first-order valence-electron chi connectivity index (χ1n) is 12.2. The van der Waals surface area contributed by atoms with E-state index in [-0.39, 0.29) is 11.5 Å². The summed E-state index contributed by atoms with van der Waals surface area (Å²) in [5, 5.41) is 0. The molecular formula is C31H30O3. The van der Waals surface area contributed by atoms with Gasteiger partial charge in [0.1, 0.15) is 28.8 Å². The summed E-state index contributed by atoms with van der Waals surface area (Å²) in [6.45, 7) is 15.2. The zero-order chi connectivity index (χ0) is 23.8. The van der Waals surface area contributed by atoms with Gasteiger partial charge in [-0.25, -0.2) is 0 Å². The van der Waals surface area contributed by atoms with E-state index in [0.717, 1.165) is 33.9 Å². The molecule has 4 atom stereocenters. The maximum absolute atomic E-state index is 7.08. The van der Waals surface area contributed by atoms with Crippen LogP contribution in [-0.4, -0.2) is 11.9 Å². The minimum atomic E-state index is -0.959. The van der Waals surface area contributed by atoms with E-state index in [9.17, 15) is 0 Å². The molecule has 0 fully saturated rings. The molecule has 0 amide bonds. The third-order valence-electron chi connectivity index (χ3n) is 8.63. The Hall–Kier alpha value is -3.20. The molecule has 3 heteroatoms. The SMILES string of the molecule is CC1=C[C@@]2(C)c3cc(C)cc(C)c3O[C@H]2[C@@]23c4ccc(C)cc4O[C@@]12Oc1c(C)cc(C)cc13. The van der Waals surface area contributed by atoms with Gasteiger partial charge >= 0.3 is 0 Å². The molecule has 0 spiro atoms. The predicted molar refractivity (Wildman–Crippen MR) is 133 cm³/mol. The number of benzene rings is 3. The molecule has 3 aliphatic heterocycles. The fourth-order valence-electron chi connectivity index (χ4n) is 7.46. The lowest BCUT2D eigenvalue weighted by molar-refractivity contribution is -0.125. The molecule has 0 saturated heterocycles. The van der Waals surface area contributed by atoms with Gasteiger partial charge in [-0.3, -0.25) is 0 Å². The summed E-state index contributed by atoms with van der Waals surface area (Å²) < 4.78 is 21.0. The van der Waals surface area contributed by atoms with E-state index in [2.05, 4.69) is 97.0 Å². The van der Waals surface area contributed by atoms with Crippen molar-refractivity contribution in [1.29, 1.82) is 0 Å². The lowest BCUT2D eigenvalue weighted by atomic mass is 9.54. The van der Waals surface area contributed by atoms with E-state index in [0.29, 0.717) is 0 Å². The minimum Gasteiger partial charge on any atom is -0.487 e. The second-order valence-corrected chi connectivity index (χ2v) is 11.2. The van der Waals surface area contributed by atoms with Crippen LogP contribution in [0.5, 0.6) is 17.2 Å². The third kappa shape index (κ3) is 1.99. The highest BCUT2D eigenvalue weighted by Gasteiger charge is 2.79. The lowest BCUT2D eigenvalue weighted by Gasteiger charge is -2.49. The van der Waals surface area contributed by atoms with Crippen molar-refractivity contribution in [1.82, 2.24) is 0 Å². The first-order chi connectivity index (χ1) is 16.1. The van der Waals surface area contributed by atoms with Crippen LogP contribution in [-0.2, 0) is 10.8 Å². The van der Waals surface area contributed by atoms with E-state index in [4.69, 9.17) is 14.2 Å². The van der Waals surface area contributed by atoms with E-state index in [1.54, 1.807) is 0 Å². The maximum Gasteiger partial charge on any atom is 0.291 e.